The highest BCUT2D eigenvalue weighted by Crippen LogP contribution is 2.34. The number of nitrogens with zero attached hydrogens (tertiary/aromatic N) is 1. The van der Waals surface area contributed by atoms with Crippen LogP contribution < -0.4 is 0 Å². The first kappa shape index (κ1) is 14.2. The molecule has 2 aromatic rings. The molecule has 0 saturated heterocycles. The Labute approximate surface area is 132 Å². The van der Waals surface area contributed by atoms with Crippen molar-refractivity contribution in [1.82, 2.24) is 4.98 Å². The van der Waals surface area contributed by atoms with Crippen LogP contribution in [0.15, 0.2) is 45.5 Å². The van der Waals surface area contributed by atoms with Crippen LogP contribution in [0.1, 0.15) is 21.6 Å². The van der Waals surface area contributed by atoms with E-state index in [9.17, 15) is 0 Å². The molecular weight excluding hydrogens is 422 g/mol. The molecule has 0 aliphatic carbocycles. The number of pyridine rings is 1. The SMILES string of the molecule is Cc1cccnc1CC(Br)c1cc(Br)ccc1Br. The fourth-order valence-corrected chi connectivity index (χ4v) is 3.66. The van der Waals surface area contributed by atoms with Gasteiger partial charge in [0.15, 0.2) is 0 Å². The maximum Gasteiger partial charge on any atom is 0.0462 e. The highest BCUT2D eigenvalue weighted by atomic mass is 79.9. The second-order valence-electron chi connectivity index (χ2n) is 4.10. The summed E-state index contributed by atoms with van der Waals surface area (Å²) in [7, 11) is 0. The van der Waals surface area contributed by atoms with Gasteiger partial charge in [-0.2, -0.15) is 0 Å². The van der Waals surface area contributed by atoms with E-state index in [0.717, 1.165) is 21.1 Å². The molecule has 1 atom stereocenters. The minimum absolute atomic E-state index is 0.248. The summed E-state index contributed by atoms with van der Waals surface area (Å²) in [5.41, 5.74) is 3.59. The molecule has 1 aromatic carbocycles. The molecule has 0 bridgehead atoms. The van der Waals surface area contributed by atoms with Crippen molar-refractivity contribution in [3.63, 3.8) is 0 Å². The predicted octanol–water partition coefficient (Wildman–Crippen LogP) is 5.59. The van der Waals surface area contributed by atoms with Gasteiger partial charge >= 0.3 is 0 Å². The Kier molecular flexibility index (Phi) is 4.98. The van der Waals surface area contributed by atoms with Gasteiger partial charge in [-0.1, -0.05) is 53.9 Å². The number of hydrogen-bond acceptors (Lipinski definition) is 1. The van der Waals surface area contributed by atoms with Crippen LogP contribution in [0.4, 0.5) is 0 Å². The zero-order chi connectivity index (χ0) is 13.1. The van der Waals surface area contributed by atoms with Crippen LogP contribution in [0.5, 0.6) is 0 Å². The molecule has 4 heteroatoms. The first-order valence-corrected chi connectivity index (χ1v) is 8.07. The van der Waals surface area contributed by atoms with Crippen molar-refractivity contribution >= 4 is 47.8 Å². The number of aromatic nitrogens is 1. The van der Waals surface area contributed by atoms with Crippen molar-refractivity contribution in [2.45, 2.75) is 18.2 Å². The zero-order valence-electron chi connectivity index (χ0n) is 9.83. The van der Waals surface area contributed by atoms with E-state index in [1.165, 1.54) is 11.1 Å². The fraction of sp³-hybridized carbons (Fsp3) is 0.214. The summed E-state index contributed by atoms with van der Waals surface area (Å²) in [6, 6.07) is 10.3. The maximum absolute atomic E-state index is 4.44. The molecule has 0 aliphatic rings. The van der Waals surface area contributed by atoms with Crippen molar-refractivity contribution in [2.75, 3.05) is 0 Å². The average Bonchev–Trinajstić information content (AvgIpc) is 2.35. The highest BCUT2D eigenvalue weighted by Gasteiger charge is 2.14. The third kappa shape index (κ3) is 3.43. The number of aryl methyl sites for hydroxylation is 1. The van der Waals surface area contributed by atoms with E-state index in [1.807, 2.05) is 18.3 Å². The Bertz CT molecular complexity index is 554. The van der Waals surface area contributed by atoms with Crippen molar-refractivity contribution in [2.24, 2.45) is 0 Å². The molecule has 2 rings (SSSR count). The van der Waals surface area contributed by atoms with E-state index >= 15 is 0 Å². The van der Waals surface area contributed by atoms with Crippen LogP contribution in [-0.4, -0.2) is 4.98 Å². The van der Waals surface area contributed by atoms with E-state index in [-0.39, 0.29) is 4.83 Å². The quantitative estimate of drug-likeness (QED) is 0.574. The monoisotopic (exact) mass is 431 g/mol. The van der Waals surface area contributed by atoms with E-state index in [2.05, 4.69) is 77.9 Å². The van der Waals surface area contributed by atoms with Crippen LogP contribution in [0.3, 0.4) is 0 Å². The summed E-state index contributed by atoms with van der Waals surface area (Å²) in [5.74, 6) is 0. The van der Waals surface area contributed by atoms with Crippen LogP contribution in [0, 0.1) is 6.92 Å². The summed E-state index contributed by atoms with van der Waals surface area (Å²) in [4.78, 5) is 4.69. The maximum atomic E-state index is 4.44. The molecule has 0 aliphatic heterocycles. The Morgan fingerprint density at radius 3 is 2.72 bits per heavy atom. The standard InChI is InChI=1S/C14H12Br3N/c1-9-3-2-6-18-14(9)8-13(17)11-7-10(15)4-5-12(11)16/h2-7,13H,8H2,1H3. The van der Waals surface area contributed by atoms with Gasteiger partial charge in [0, 0.05) is 32.1 Å². The number of halogens is 3. The minimum atomic E-state index is 0.248. The largest absolute Gasteiger partial charge is 0.261 e. The molecule has 0 amide bonds. The van der Waals surface area contributed by atoms with Gasteiger partial charge in [-0.05, 0) is 42.3 Å². The Morgan fingerprint density at radius 2 is 2.00 bits per heavy atom. The molecule has 1 aromatic heterocycles. The normalized spacial score (nSPS) is 12.4. The van der Waals surface area contributed by atoms with Crippen LogP contribution in [0.25, 0.3) is 0 Å². The fourth-order valence-electron chi connectivity index (χ4n) is 1.77. The minimum Gasteiger partial charge on any atom is -0.261 e. The third-order valence-electron chi connectivity index (χ3n) is 2.79. The summed E-state index contributed by atoms with van der Waals surface area (Å²) in [5, 5.41) is 0. The predicted molar refractivity (Wildman–Crippen MR) is 86.2 cm³/mol. The number of rotatable bonds is 3. The first-order chi connectivity index (χ1) is 8.58. The molecule has 1 nitrogen and oxygen atoms in total. The third-order valence-corrected chi connectivity index (χ3v) is 4.82. The Hall–Kier alpha value is -0.190. The molecule has 1 heterocycles. The van der Waals surface area contributed by atoms with Crippen LogP contribution in [0.2, 0.25) is 0 Å². The molecule has 94 valence electrons. The molecule has 0 fully saturated rings. The van der Waals surface area contributed by atoms with Gasteiger partial charge in [0.2, 0.25) is 0 Å². The molecule has 1 unspecified atom stereocenters. The molecule has 18 heavy (non-hydrogen) atoms. The van der Waals surface area contributed by atoms with E-state index in [0.29, 0.717) is 0 Å². The summed E-state index contributed by atoms with van der Waals surface area (Å²) in [6.07, 6.45) is 2.72. The number of hydrogen-bond donors (Lipinski definition) is 0. The highest BCUT2D eigenvalue weighted by molar-refractivity contribution is 9.11. The van der Waals surface area contributed by atoms with Gasteiger partial charge in [0.05, 0.1) is 0 Å². The van der Waals surface area contributed by atoms with Crippen LogP contribution in [-0.2, 0) is 6.42 Å². The second-order valence-corrected chi connectivity index (χ2v) is 6.98. The molecular formula is C14H12Br3N. The average molecular weight is 434 g/mol. The Morgan fingerprint density at radius 1 is 1.22 bits per heavy atom. The number of benzene rings is 1. The lowest BCUT2D eigenvalue weighted by molar-refractivity contribution is 0.887. The lowest BCUT2D eigenvalue weighted by atomic mass is 10.1. The molecule has 0 N–H and O–H groups in total. The van der Waals surface area contributed by atoms with Crippen LogP contribution >= 0.6 is 47.8 Å². The zero-order valence-corrected chi connectivity index (χ0v) is 14.6. The van der Waals surface area contributed by atoms with Gasteiger partial charge in [-0.15, -0.1) is 0 Å². The van der Waals surface area contributed by atoms with Crippen molar-refractivity contribution in [1.29, 1.82) is 0 Å². The van der Waals surface area contributed by atoms with Gasteiger partial charge < -0.3 is 0 Å². The molecule has 0 radical (unpaired) electrons. The summed E-state index contributed by atoms with van der Waals surface area (Å²) in [6.45, 7) is 2.10. The van der Waals surface area contributed by atoms with E-state index in [1.54, 1.807) is 0 Å². The van der Waals surface area contributed by atoms with Crippen molar-refractivity contribution in [3.05, 3.63) is 62.3 Å². The Balaban J connectivity index is 2.25. The van der Waals surface area contributed by atoms with Gasteiger partial charge in [-0.25, -0.2) is 0 Å². The second kappa shape index (κ2) is 6.31. The van der Waals surface area contributed by atoms with E-state index < -0.39 is 0 Å². The summed E-state index contributed by atoms with van der Waals surface area (Å²) >= 11 is 10.8. The number of alkyl halides is 1. The van der Waals surface area contributed by atoms with Crippen molar-refractivity contribution < 1.29 is 0 Å². The molecule has 0 saturated carbocycles. The smallest absolute Gasteiger partial charge is 0.0462 e. The lowest BCUT2D eigenvalue weighted by Gasteiger charge is -2.13. The summed E-state index contributed by atoms with van der Waals surface area (Å²) < 4.78 is 2.20. The van der Waals surface area contributed by atoms with E-state index in [4.69, 9.17) is 0 Å². The lowest BCUT2D eigenvalue weighted by Crippen LogP contribution is -2.00. The molecule has 0 spiro atoms. The van der Waals surface area contributed by atoms with Gasteiger partial charge in [-0.3, -0.25) is 4.98 Å². The van der Waals surface area contributed by atoms with Gasteiger partial charge in [0.1, 0.15) is 0 Å². The topological polar surface area (TPSA) is 12.9 Å². The van der Waals surface area contributed by atoms with Gasteiger partial charge in [0.25, 0.3) is 0 Å². The van der Waals surface area contributed by atoms with Crippen molar-refractivity contribution in [3.8, 4) is 0 Å². The first-order valence-electron chi connectivity index (χ1n) is 5.57.